The number of halogens is 1. The zero-order chi connectivity index (χ0) is 14.4. The molecule has 0 spiro atoms. The summed E-state index contributed by atoms with van der Waals surface area (Å²) in [4.78, 5) is 4.07. The predicted molar refractivity (Wildman–Crippen MR) is 78.5 cm³/mol. The highest BCUT2D eigenvalue weighted by molar-refractivity contribution is 6.29. The number of aromatic nitrogens is 1. The van der Waals surface area contributed by atoms with Crippen molar-refractivity contribution in [2.24, 2.45) is 0 Å². The van der Waals surface area contributed by atoms with Gasteiger partial charge < -0.3 is 5.11 Å². The van der Waals surface area contributed by atoms with E-state index in [4.69, 9.17) is 11.6 Å². The Hall–Kier alpha value is -1.89. The molecule has 1 aromatic heterocycles. The molecule has 0 bridgehead atoms. The van der Waals surface area contributed by atoms with E-state index in [0.717, 1.165) is 11.1 Å². The summed E-state index contributed by atoms with van der Waals surface area (Å²) in [6, 6.07) is 15.5. The highest BCUT2D eigenvalue weighted by atomic mass is 35.5. The van der Waals surface area contributed by atoms with Crippen LogP contribution < -0.4 is 0 Å². The fourth-order valence-electron chi connectivity index (χ4n) is 2.33. The van der Waals surface area contributed by atoms with Gasteiger partial charge >= 0.3 is 0 Å². The van der Waals surface area contributed by atoms with Crippen LogP contribution in [-0.4, -0.2) is 16.7 Å². The second-order valence-electron chi connectivity index (χ2n) is 4.55. The van der Waals surface area contributed by atoms with Crippen molar-refractivity contribution in [2.75, 3.05) is 6.61 Å². The Morgan fingerprint density at radius 1 is 1.15 bits per heavy atom. The van der Waals surface area contributed by atoms with Crippen molar-refractivity contribution >= 4 is 11.6 Å². The first-order chi connectivity index (χ1) is 9.76. The maximum atomic E-state index is 9.51. The summed E-state index contributed by atoms with van der Waals surface area (Å²) in [5.74, 6) is -0.413. The molecule has 2 aromatic rings. The molecule has 0 saturated carbocycles. The Bertz CT molecular complexity index is 578. The molecule has 0 aliphatic rings. The van der Waals surface area contributed by atoms with E-state index in [-0.39, 0.29) is 18.4 Å². The largest absolute Gasteiger partial charge is 0.396 e. The van der Waals surface area contributed by atoms with Crippen molar-refractivity contribution in [3.63, 3.8) is 0 Å². The monoisotopic (exact) mass is 286 g/mol. The number of rotatable bonds is 5. The number of nitrogens with zero attached hydrogens (tertiary/aromatic N) is 2. The van der Waals surface area contributed by atoms with Crippen molar-refractivity contribution in [3.8, 4) is 6.07 Å². The Morgan fingerprint density at radius 2 is 1.90 bits per heavy atom. The molecule has 20 heavy (non-hydrogen) atoms. The highest BCUT2D eigenvalue weighted by Crippen LogP contribution is 2.35. The van der Waals surface area contributed by atoms with Gasteiger partial charge in [-0.25, -0.2) is 4.98 Å². The minimum absolute atomic E-state index is 0.0261. The van der Waals surface area contributed by atoms with E-state index in [2.05, 4.69) is 11.1 Å². The first-order valence-electron chi connectivity index (χ1n) is 6.43. The maximum absolute atomic E-state index is 9.51. The third kappa shape index (κ3) is 3.36. The van der Waals surface area contributed by atoms with Crippen LogP contribution in [0.15, 0.2) is 48.7 Å². The molecule has 1 heterocycles. The van der Waals surface area contributed by atoms with Gasteiger partial charge in [0.2, 0.25) is 0 Å². The zero-order valence-electron chi connectivity index (χ0n) is 10.9. The summed E-state index contributed by atoms with van der Waals surface area (Å²) >= 11 is 5.80. The minimum atomic E-state index is -0.314. The summed E-state index contributed by atoms with van der Waals surface area (Å²) in [6.45, 7) is 0.0261. The number of aliphatic hydroxyl groups is 1. The molecule has 3 nitrogen and oxygen atoms in total. The molecule has 0 aliphatic heterocycles. The van der Waals surface area contributed by atoms with Crippen LogP contribution in [0.3, 0.4) is 0 Å². The van der Waals surface area contributed by atoms with Crippen LogP contribution in [0.25, 0.3) is 0 Å². The lowest BCUT2D eigenvalue weighted by molar-refractivity contribution is 0.272. The Balaban J connectivity index is 2.36. The summed E-state index contributed by atoms with van der Waals surface area (Å²) in [6.07, 6.45) is 2.19. The molecule has 0 radical (unpaired) electrons. The number of nitriles is 1. The normalized spacial score (nSPS) is 13.4. The van der Waals surface area contributed by atoms with Gasteiger partial charge in [-0.1, -0.05) is 48.0 Å². The topological polar surface area (TPSA) is 56.9 Å². The number of hydrogen-bond donors (Lipinski definition) is 1. The second-order valence-corrected chi connectivity index (χ2v) is 4.94. The first kappa shape index (κ1) is 14.5. The Labute approximate surface area is 123 Å². The average Bonchev–Trinajstić information content (AvgIpc) is 2.49. The van der Waals surface area contributed by atoms with Gasteiger partial charge in [0.1, 0.15) is 5.15 Å². The average molecular weight is 287 g/mol. The van der Waals surface area contributed by atoms with Gasteiger partial charge in [-0.15, -0.1) is 0 Å². The van der Waals surface area contributed by atoms with Crippen LogP contribution in [0.2, 0.25) is 5.15 Å². The van der Waals surface area contributed by atoms with Gasteiger partial charge in [-0.3, -0.25) is 0 Å². The molecular weight excluding hydrogens is 272 g/mol. The molecule has 2 rings (SSSR count). The zero-order valence-corrected chi connectivity index (χ0v) is 11.7. The van der Waals surface area contributed by atoms with Crippen molar-refractivity contribution < 1.29 is 5.11 Å². The standard InChI is InChI=1S/C16H15ClN2O/c17-16-7-6-13(11-19-16)14(8-9-20)15(10-18)12-4-2-1-3-5-12/h1-7,11,14-15,20H,8-9H2/t14-,15-/m1/s1. The molecule has 0 aliphatic carbocycles. The van der Waals surface area contributed by atoms with E-state index in [1.54, 1.807) is 12.3 Å². The van der Waals surface area contributed by atoms with Crippen LogP contribution in [0.1, 0.15) is 29.4 Å². The molecule has 4 heteroatoms. The van der Waals surface area contributed by atoms with Gasteiger partial charge in [0.15, 0.2) is 0 Å². The number of hydrogen-bond acceptors (Lipinski definition) is 3. The van der Waals surface area contributed by atoms with Crippen LogP contribution in [-0.2, 0) is 0 Å². The molecule has 0 amide bonds. The van der Waals surface area contributed by atoms with E-state index >= 15 is 0 Å². The number of pyridine rings is 1. The van der Waals surface area contributed by atoms with Crippen molar-refractivity contribution in [1.82, 2.24) is 4.98 Å². The van der Waals surface area contributed by atoms with E-state index < -0.39 is 0 Å². The van der Waals surface area contributed by atoms with Gasteiger partial charge in [0, 0.05) is 18.7 Å². The molecular formula is C16H15ClN2O. The van der Waals surface area contributed by atoms with Gasteiger partial charge in [0.25, 0.3) is 0 Å². The van der Waals surface area contributed by atoms with E-state index in [9.17, 15) is 10.4 Å². The fraction of sp³-hybridized carbons (Fsp3) is 0.250. The lowest BCUT2D eigenvalue weighted by Crippen LogP contribution is -2.12. The Morgan fingerprint density at radius 3 is 2.45 bits per heavy atom. The lowest BCUT2D eigenvalue weighted by atomic mass is 9.81. The molecule has 1 N–H and O–H groups in total. The summed E-state index contributed by atoms with van der Waals surface area (Å²) in [5.41, 5.74) is 1.86. The molecule has 0 fully saturated rings. The van der Waals surface area contributed by atoms with Gasteiger partial charge in [0.05, 0.1) is 12.0 Å². The molecule has 102 valence electrons. The Kier molecular flexibility index (Phi) is 5.11. The predicted octanol–water partition coefficient (Wildman–Crippen LogP) is 3.51. The SMILES string of the molecule is N#C[C@H](c1ccccc1)[C@H](CCO)c1ccc(Cl)nc1. The van der Waals surface area contributed by atoms with Crippen LogP contribution in [0.4, 0.5) is 0 Å². The molecule has 0 saturated heterocycles. The lowest BCUT2D eigenvalue weighted by Gasteiger charge is -2.21. The highest BCUT2D eigenvalue weighted by Gasteiger charge is 2.24. The van der Waals surface area contributed by atoms with E-state index in [1.807, 2.05) is 36.4 Å². The van der Waals surface area contributed by atoms with Gasteiger partial charge in [-0.05, 0) is 23.6 Å². The summed E-state index contributed by atoms with van der Waals surface area (Å²) in [5, 5.41) is 19.2. The first-order valence-corrected chi connectivity index (χ1v) is 6.81. The summed E-state index contributed by atoms with van der Waals surface area (Å²) < 4.78 is 0. The fourth-order valence-corrected chi connectivity index (χ4v) is 2.44. The van der Waals surface area contributed by atoms with Crippen LogP contribution in [0, 0.1) is 11.3 Å². The minimum Gasteiger partial charge on any atom is -0.396 e. The molecule has 1 aromatic carbocycles. The van der Waals surface area contributed by atoms with E-state index in [1.165, 1.54) is 0 Å². The second kappa shape index (κ2) is 7.04. The van der Waals surface area contributed by atoms with Crippen molar-refractivity contribution in [2.45, 2.75) is 18.3 Å². The number of benzene rings is 1. The molecule has 2 atom stereocenters. The van der Waals surface area contributed by atoms with Crippen molar-refractivity contribution in [1.29, 1.82) is 5.26 Å². The van der Waals surface area contributed by atoms with Crippen molar-refractivity contribution in [3.05, 3.63) is 64.9 Å². The van der Waals surface area contributed by atoms with Crippen LogP contribution in [0.5, 0.6) is 0 Å². The van der Waals surface area contributed by atoms with Gasteiger partial charge in [-0.2, -0.15) is 5.26 Å². The maximum Gasteiger partial charge on any atom is 0.129 e. The smallest absolute Gasteiger partial charge is 0.129 e. The van der Waals surface area contributed by atoms with Crippen LogP contribution >= 0.6 is 11.6 Å². The van der Waals surface area contributed by atoms with E-state index in [0.29, 0.717) is 11.6 Å². The third-order valence-corrected chi connectivity index (χ3v) is 3.54. The molecule has 0 unspecified atom stereocenters. The number of aliphatic hydroxyl groups excluding tert-OH is 1. The summed E-state index contributed by atoms with van der Waals surface area (Å²) in [7, 11) is 0. The third-order valence-electron chi connectivity index (χ3n) is 3.32. The quantitative estimate of drug-likeness (QED) is 0.856.